The predicted molar refractivity (Wildman–Crippen MR) is 66.6 cm³/mol. The molecule has 0 aliphatic heterocycles. The molecule has 2 rings (SSSR count). The van der Waals surface area contributed by atoms with Crippen LogP contribution in [0.4, 0.5) is 5.69 Å². The average molecular weight is 301 g/mol. The lowest BCUT2D eigenvalue weighted by Crippen LogP contribution is -2.41. The van der Waals surface area contributed by atoms with E-state index in [-0.39, 0.29) is 17.8 Å². The van der Waals surface area contributed by atoms with Gasteiger partial charge in [0.05, 0.1) is 17.6 Å². The highest BCUT2D eigenvalue weighted by Crippen LogP contribution is 2.30. The fraction of sp³-hybridized carbons (Fsp3) is 0.455. The van der Waals surface area contributed by atoms with Gasteiger partial charge in [-0.05, 0) is 34.3 Å². The first-order chi connectivity index (χ1) is 8.08. The summed E-state index contributed by atoms with van der Waals surface area (Å²) in [6.07, 6.45) is 1.93. The maximum atomic E-state index is 10.7. The van der Waals surface area contributed by atoms with Crippen LogP contribution in [0.5, 0.6) is 0 Å². The number of nitrogens with zero attached hydrogens (tertiary/aromatic N) is 1. The van der Waals surface area contributed by atoms with Gasteiger partial charge in [-0.25, -0.2) is 0 Å². The van der Waals surface area contributed by atoms with E-state index in [1.807, 2.05) is 6.07 Å². The molecule has 0 radical (unpaired) electrons. The van der Waals surface area contributed by atoms with Gasteiger partial charge in [-0.3, -0.25) is 10.1 Å². The second kappa shape index (κ2) is 5.12. The quantitative estimate of drug-likeness (QED) is 0.684. The van der Waals surface area contributed by atoms with Crippen molar-refractivity contribution in [1.82, 2.24) is 0 Å². The van der Waals surface area contributed by atoms with Crippen molar-refractivity contribution >= 4 is 21.6 Å². The number of nitrogens with two attached hydrogens (primary N) is 1. The lowest BCUT2D eigenvalue weighted by molar-refractivity contribution is -0.385. The molecule has 0 spiro atoms. The number of halogens is 1. The zero-order valence-corrected chi connectivity index (χ0v) is 10.7. The molecule has 6 heteroatoms. The van der Waals surface area contributed by atoms with Crippen molar-refractivity contribution in [3.8, 4) is 0 Å². The zero-order valence-electron chi connectivity index (χ0n) is 9.14. The maximum Gasteiger partial charge on any atom is 0.283 e. The SMILES string of the molecule is NC1CC(OCc2cccc([N+](=O)[O-])c2Br)C1. The highest BCUT2D eigenvalue weighted by Gasteiger charge is 2.27. The third-order valence-corrected chi connectivity index (χ3v) is 3.78. The van der Waals surface area contributed by atoms with E-state index in [9.17, 15) is 10.1 Å². The topological polar surface area (TPSA) is 78.4 Å². The Bertz CT molecular complexity index is 433. The molecule has 0 aromatic heterocycles. The number of rotatable bonds is 4. The molecule has 1 aromatic rings. The van der Waals surface area contributed by atoms with Gasteiger partial charge in [-0.15, -0.1) is 0 Å². The van der Waals surface area contributed by atoms with Crippen LogP contribution in [0.1, 0.15) is 18.4 Å². The van der Waals surface area contributed by atoms with Crippen molar-refractivity contribution in [2.24, 2.45) is 5.73 Å². The summed E-state index contributed by atoms with van der Waals surface area (Å²) in [7, 11) is 0. The Morgan fingerprint density at radius 2 is 2.24 bits per heavy atom. The van der Waals surface area contributed by atoms with Crippen LogP contribution in [-0.2, 0) is 11.3 Å². The van der Waals surface area contributed by atoms with Gasteiger partial charge in [0.25, 0.3) is 5.69 Å². The molecule has 1 fully saturated rings. The fourth-order valence-corrected chi connectivity index (χ4v) is 2.29. The van der Waals surface area contributed by atoms with E-state index >= 15 is 0 Å². The molecular formula is C11H13BrN2O3. The molecule has 1 aliphatic carbocycles. The molecule has 1 aliphatic rings. The van der Waals surface area contributed by atoms with E-state index in [1.165, 1.54) is 6.07 Å². The molecule has 0 bridgehead atoms. The molecule has 0 atom stereocenters. The van der Waals surface area contributed by atoms with Crippen LogP contribution in [0.25, 0.3) is 0 Å². The van der Waals surface area contributed by atoms with Crippen molar-refractivity contribution in [2.75, 3.05) is 0 Å². The third kappa shape index (κ3) is 2.83. The molecule has 0 heterocycles. The maximum absolute atomic E-state index is 10.7. The van der Waals surface area contributed by atoms with Gasteiger partial charge in [-0.1, -0.05) is 12.1 Å². The largest absolute Gasteiger partial charge is 0.373 e. The van der Waals surface area contributed by atoms with E-state index in [4.69, 9.17) is 10.5 Å². The molecule has 17 heavy (non-hydrogen) atoms. The summed E-state index contributed by atoms with van der Waals surface area (Å²) in [6, 6.07) is 5.19. The highest BCUT2D eigenvalue weighted by molar-refractivity contribution is 9.10. The van der Waals surface area contributed by atoms with Gasteiger partial charge in [0.2, 0.25) is 0 Å². The van der Waals surface area contributed by atoms with Gasteiger partial charge < -0.3 is 10.5 Å². The monoisotopic (exact) mass is 300 g/mol. The Morgan fingerprint density at radius 3 is 2.82 bits per heavy atom. The van der Waals surface area contributed by atoms with E-state index in [0.717, 1.165) is 18.4 Å². The minimum Gasteiger partial charge on any atom is -0.373 e. The van der Waals surface area contributed by atoms with Crippen LogP contribution in [-0.4, -0.2) is 17.1 Å². The van der Waals surface area contributed by atoms with E-state index in [2.05, 4.69) is 15.9 Å². The molecular weight excluding hydrogens is 288 g/mol. The number of benzene rings is 1. The normalized spacial score (nSPS) is 23.2. The first kappa shape index (κ1) is 12.5. The van der Waals surface area contributed by atoms with Crippen LogP contribution in [0.15, 0.2) is 22.7 Å². The van der Waals surface area contributed by atoms with Gasteiger partial charge in [0, 0.05) is 12.1 Å². The van der Waals surface area contributed by atoms with Crippen LogP contribution < -0.4 is 5.73 Å². The number of hydrogen-bond acceptors (Lipinski definition) is 4. The summed E-state index contributed by atoms with van der Waals surface area (Å²) in [5.74, 6) is 0. The summed E-state index contributed by atoms with van der Waals surface area (Å²) >= 11 is 3.24. The summed E-state index contributed by atoms with van der Waals surface area (Å²) < 4.78 is 6.11. The van der Waals surface area contributed by atoms with Crippen molar-refractivity contribution in [3.05, 3.63) is 38.3 Å². The molecule has 0 saturated heterocycles. The first-order valence-corrected chi connectivity index (χ1v) is 6.16. The fourth-order valence-electron chi connectivity index (χ4n) is 1.77. The van der Waals surface area contributed by atoms with E-state index in [0.29, 0.717) is 11.1 Å². The Morgan fingerprint density at radius 1 is 1.53 bits per heavy atom. The second-order valence-electron chi connectivity index (χ2n) is 4.17. The molecule has 2 N–H and O–H groups in total. The van der Waals surface area contributed by atoms with Crippen LogP contribution in [0.2, 0.25) is 0 Å². The van der Waals surface area contributed by atoms with Gasteiger partial charge in [0.15, 0.2) is 0 Å². The van der Waals surface area contributed by atoms with E-state index < -0.39 is 4.92 Å². The standard InChI is InChI=1S/C11H13BrN2O3/c12-11-7(2-1-3-10(11)14(15)16)6-17-9-4-8(13)5-9/h1-3,8-9H,4-6,13H2. The molecule has 0 unspecified atom stereocenters. The van der Waals surface area contributed by atoms with Crippen molar-refractivity contribution in [2.45, 2.75) is 31.6 Å². The second-order valence-corrected chi connectivity index (χ2v) is 4.96. The summed E-state index contributed by atoms with van der Waals surface area (Å²) in [5.41, 5.74) is 6.51. The smallest absolute Gasteiger partial charge is 0.283 e. The minimum absolute atomic E-state index is 0.0661. The lowest BCUT2D eigenvalue weighted by Gasteiger charge is -2.32. The van der Waals surface area contributed by atoms with E-state index in [1.54, 1.807) is 6.07 Å². The zero-order chi connectivity index (χ0) is 12.4. The number of nitro groups is 1. The predicted octanol–water partition coefficient (Wildman–Crippen LogP) is 2.36. The van der Waals surface area contributed by atoms with Crippen molar-refractivity contribution in [1.29, 1.82) is 0 Å². The summed E-state index contributed by atoms with van der Waals surface area (Å²) in [6.45, 7) is 0.375. The van der Waals surface area contributed by atoms with Gasteiger partial charge >= 0.3 is 0 Å². The minimum atomic E-state index is -0.410. The summed E-state index contributed by atoms with van der Waals surface area (Å²) in [5, 5.41) is 10.7. The van der Waals surface area contributed by atoms with Crippen LogP contribution in [0.3, 0.4) is 0 Å². The van der Waals surface area contributed by atoms with Crippen molar-refractivity contribution in [3.63, 3.8) is 0 Å². The molecule has 92 valence electrons. The Balaban J connectivity index is 2.01. The van der Waals surface area contributed by atoms with Crippen LogP contribution in [0, 0.1) is 10.1 Å². The molecule has 1 saturated carbocycles. The Labute approximate surface area is 107 Å². The first-order valence-electron chi connectivity index (χ1n) is 5.37. The highest BCUT2D eigenvalue weighted by atomic mass is 79.9. The summed E-state index contributed by atoms with van der Waals surface area (Å²) in [4.78, 5) is 10.3. The van der Waals surface area contributed by atoms with Gasteiger partial charge in [0.1, 0.15) is 4.47 Å². The number of hydrogen-bond donors (Lipinski definition) is 1. The Kier molecular flexibility index (Phi) is 3.76. The third-order valence-electron chi connectivity index (χ3n) is 2.86. The molecule has 0 amide bonds. The van der Waals surface area contributed by atoms with Gasteiger partial charge in [-0.2, -0.15) is 0 Å². The van der Waals surface area contributed by atoms with Crippen molar-refractivity contribution < 1.29 is 9.66 Å². The molecule has 5 nitrogen and oxygen atoms in total. The Hall–Kier alpha value is -0.980. The number of nitro benzene ring substituents is 1. The average Bonchev–Trinajstić information content (AvgIpc) is 2.24. The number of ether oxygens (including phenoxy) is 1. The lowest BCUT2D eigenvalue weighted by atomic mass is 9.90. The molecule has 1 aromatic carbocycles. The van der Waals surface area contributed by atoms with Crippen LogP contribution >= 0.6 is 15.9 Å².